The molecule has 2 aromatic carbocycles. The molecule has 1 fully saturated rings. The van der Waals surface area contributed by atoms with Gasteiger partial charge in [0.25, 0.3) is 0 Å². The van der Waals surface area contributed by atoms with Crippen LogP contribution in [0.4, 0.5) is 10.1 Å². The number of hydrogen-bond acceptors (Lipinski definition) is 6. The molecular formula is C28H30ClFN6O2. The van der Waals surface area contributed by atoms with Crippen LogP contribution in [0.5, 0.6) is 0 Å². The number of piperazine rings is 1. The SMILES string of the molecule is CC(=O)N1CCc2c(c(-c3ccc(Cl)cc3F)nn2CC(O)CN2CCN(c3ccccc3C#N)CC2)C1. The predicted octanol–water partition coefficient (Wildman–Crippen LogP) is 3.30. The maximum atomic E-state index is 14.9. The average molecular weight is 537 g/mol. The standard InChI is InChI=1S/C28H30ClFN6O2/c1-19(37)35-9-8-27-24(18-35)28(23-7-6-21(29)14-25(23)30)32-36(27)17-22(38)16-33-10-12-34(13-11-33)26-5-3-2-4-20(26)15-31/h2-7,14,22,38H,8-13,16-18H2,1H3. The Labute approximate surface area is 226 Å². The molecule has 1 unspecified atom stereocenters. The zero-order valence-electron chi connectivity index (χ0n) is 21.3. The maximum Gasteiger partial charge on any atom is 0.219 e. The summed E-state index contributed by atoms with van der Waals surface area (Å²) in [7, 11) is 0. The van der Waals surface area contributed by atoms with Gasteiger partial charge in [-0.1, -0.05) is 23.7 Å². The monoisotopic (exact) mass is 536 g/mol. The highest BCUT2D eigenvalue weighted by atomic mass is 35.5. The van der Waals surface area contributed by atoms with Gasteiger partial charge in [-0.2, -0.15) is 10.4 Å². The Morgan fingerprint density at radius 3 is 2.63 bits per heavy atom. The molecule has 1 atom stereocenters. The minimum atomic E-state index is -0.675. The van der Waals surface area contributed by atoms with E-state index in [1.807, 2.05) is 24.3 Å². The summed E-state index contributed by atoms with van der Waals surface area (Å²) in [5.74, 6) is -0.510. The number of benzene rings is 2. The summed E-state index contributed by atoms with van der Waals surface area (Å²) >= 11 is 5.96. The highest BCUT2D eigenvalue weighted by Gasteiger charge is 2.29. The quantitative estimate of drug-likeness (QED) is 0.520. The highest BCUT2D eigenvalue weighted by Crippen LogP contribution is 2.33. The first-order valence-electron chi connectivity index (χ1n) is 12.8. The molecule has 0 radical (unpaired) electrons. The van der Waals surface area contributed by atoms with E-state index in [1.54, 1.807) is 21.7 Å². The molecule has 2 aliphatic rings. The van der Waals surface area contributed by atoms with E-state index in [0.717, 1.165) is 43.1 Å². The third-order valence-corrected chi connectivity index (χ3v) is 7.59. The second-order valence-electron chi connectivity index (χ2n) is 9.84. The average Bonchev–Trinajstić information content (AvgIpc) is 3.26. The Balaban J connectivity index is 1.30. The second kappa shape index (κ2) is 11.1. The van der Waals surface area contributed by atoms with Crippen molar-refractivity contribution in [3.05, 3.63) is 70.1 Å². The zero-order valence-corrected chi connectivity index (χ0v) is 22.0. The van der Waals surface area contributed by atoms with Crippen LogP contribution in [0.3, 0.4) is 0 Å². The predicted molar refractivity (Wildman–Crippen MR) is 143 cm³/mol. The Morgan fingerprint density at radius 2 is 1.92 bits per heavy atom. The van der Waals surface area contributed by atoms with Crippen molar-refractivity contribution in [3.8, 4) is 17.3 Å². The van der Waals surface area contributed by atoms with Crippen molar-refractivity contribution in [3.63, 3.8) is 0 Å². The summed E-state index contributed by atoms with van der Waals surface area (Å²) in [6.07, 6.45) is -0.0911. The van der Waals surface area contributed by atoms with Gasteiger partial charge in [0.15, 0.2) is 0 Å². The van der Waals surface area contributed by atoms with Crippen molar-refractivity contribution < 1.29 is 14.3 Å². The van der Waals surface area contributed by atoms with Crippen molar-refractivity contribution in [1.29, 1.82) is 5.26 Å². The number of hydrogen-bond donors (Lipinski definition) is 1. The number of para-hydroxylation sites is 1. The van der Waals surface area contributed by atoms with Crippen LogP contribution in [-0.2, 0) is 24.3 Å². The fourth-order valence-corrected chi connectivity index (χ4v) is 5.54. The van der Waals surface area contributed by atoms with Crippen LogP contribution in [0.1, 0.15) is 23.7 Å². The lowest BCUT2D eigenvalue weighted by Crippen LogP contribution is -2.49. The molecular weight excluding hydrogens is 507 g/mol. The van der Waals surface area contributed by atoms with Crippen molar-refractivity contribution in [1.82, 2.24) is 19.6 Å². The number of halogens is 2. The van der Waals surface area contributed by atoms with E-state index in [9.17, 15) is 19.6 Å². The van der Waals surface area contributed by atoms with Crippen molar-refractivity contribution in [2.24, 2.45) is 0 Å². The lowest BCUT2D eigenvalue weighted by Gasteiger charge is -2.37. The Hall–Kier alpha value is -3.45. The molecule has 0 bridgehead atoms. The van der Waals surface area contributed by atoms with E-state index >= 15 is 0 Å². The molecule has 1 aromatic heterocycles. The lowest BCUT2D eigenvalue weighted by atomic mass is 10.0. The number of aliphatic hydroxyl groups excluding tert-OH is 1. The van der Waals surface area contributed by atoms with E-state index in [4.69, 9.17) is 16.7 Å². The van der Waals surface area contributed by atoms with Gasteiger partial charge in [0.1, 0.15) is 17.6 Å². The van der Waals surface area contributed by atoms with Crippen LogP contribution in [0.15, 0.2) is 42.5 Å². The Bertz CT molecular complexity index is 1380. The van der Waals surface area contributed by atoms with Crippen LogP contribution in [-0.4, -0.2) is 76.0 Å². The van der Waals surface area contributed by atoms with Gasteiger partial charge in [-0.25, -0.2) is 4.39 Å². The highest BCUT2D eigenvalue weighted by molar-refractivity contribution is 6.30. The van der Waals surface area contributed by atoms with Gasteiger partial charge in [-0.15, -0.1) is 0 Å². The number of fused-ring (bicyclic) bond motifs is 1. The van der Waals surface area contributed by atoms with Gasteiger partial charge >= 0.3 is 0 Å². The number of rotatable bonds is 6. The summed E-state index contributed by atoms with van der Waals surface area (Å²) < 4.78 is 16.6. The lowest BCUT2D eigenvalue weighted by molar-refractivity contribution is -0.129. The summed E-state index contributed by atoms with van der Waals surface area (Å²) in [5, 5.41) is 25.5. The molecule has 0 saturated carbocycles. The molecule has 2 aliphatic heterocycles. The van der Waals surface area contributed by atoms with Gasteiger partial charge in [0.05, 0.1) is 23.9 Å². The minimum absolute atomic E-state index is 0.0394. The first kappa shape index (κ1) is 26.2. The zero-order chi connectivity index (χ0) is 26.8. The van der Waals surface area contributed by atoms with E-state index in [2.05, 4.69) is 15.9 Å². The molecule has 0 spiro atoms. The minimum Gasteiger partial charge on any atom is -0.390 e. The number of anilines is 1. The van der Waals surface area contributed by atoms with Crippen LogP contribution < -0.4 is 4.90 Å². The van der Waals surface area contributed by atoms with Crippen LogP contribution in [0, 0.1) is 17.1 Å². The molecule has 8 nitrogen and oxygen atoms in total. The number of nitriles is 1. The topological polar surface area (TPSA) is 88.6 Å². The summed E-state index contributed by atoms with van der Waals surface area (Å²) in [5.41, 5.74) is 4.16. The summed E-state index contributed by atoms with van der Waals surface area (Å²) in [6.45, 7) is 6.25. The summed E-state index contributed by atoms with van der Waals surface area (Å²) in [6, 6.07) is 14.4. The van der Waals surface area contributed by atoms with E-state index < -0.39 is 11.9 Å². The molecule has 1 N–H and O–H groups in total. The molecule has 38 heavy (non-hydrogen) atoms. The van der Waals surface area contributed by atoms with Gasteiger partial charge < -0.3 is 14.9 Å². The number of amides is 1. The van der Waals surface area contributed by atoms with E-state index in [0.29, 0.717) is 47.9 Å². The molecule has 198 valence electrons. The molecule has 0 aliphatic carbocycles. The first-order valence-corrected chi connectivity index (χ1v) is 13.2. The smallest absolute Gasteiger partial charge is 0.219 e. The Kier molecular flexibility index (Phi) is 7.65. The maximum absolute atomic E-state index is 14.9. The number of carbonyl (C=O) groups is 1. The summed E-state index contributed by atoms with van der Waals surface area (Å²) in [4.78, 5) is 18.2. The van der Waals surface area contributed by atoms with Gasteiger partial charge in [0, 0.05) is 81.0 Å². The molecule has 3 aromatic rings. The first-order chi connectivity index (χ1) is 18.3. The number of carbonyl (C=O) groups excluding carboxylic acids is 1. The molecule has 3 heterocycles. The normalized spacial score (nSPS) is 16.7. The van der Waals surface area contributed by atoms with Gasteiger partial charge in [0.2, 0.25) is 5.91 Å². The molecule has 1 saturated heterocycles. The Morgan fingerprint density at radius 1 is 1.16 bits per heavy atom. The fraction of sp³-hybridized carbons (Fsp3) is 0.393. The molecule has 10 heteroatoms. The van der Waals surface area contributed by atoms with Crippen molar-refractivity contribution >= 4 is 23.2 Å². The number of β-amino-alcohol motifs (C(OH)–C–C–N with tert-alkyl or cyclic N) is 1. The van der Waals surface area contributed by atoms with Gasteiger partial charge in [-0.3, -0.25) is 14.4 Å². The fourth-order valence-electron chi connectivity index (χ4n) is 5.38. The van der Waals surface area contributed by atoms with Gasteiger partial charge in [-0.05, 0) is 30.3 Å². The third-order valence-electron chi connectivity index (χ3n) is 7.36. The van der Waals surface area contributed by atoms with Crippen LogP contribution in [0.25, 0.3) is 11.3 Å². The number of nitrogens with zero attached hydrogens (tertiary/aromatic N) is 6. The van der Waals surface area contributed by atoms with E-state index in [-0.39, 0.29) is 12.5 Å². The van der Waals surface area contributed by atoms with Crippen LogP contribution >= 0.6 is 11.6 Å². The molecule has 5 rings (SSSR count). The van der Waals surface area contributed by atoms with Crippen molar-refractivity contribution in [2.45, 2.75) is 32.5 Å². The molecule has 1 amide bonds. The van der Waals surface area contributed by atoms with Crippen LogP contribution in [0.2, 0.25) is 5.02 Å². The second-order valence-corrected chi connectivity index (χ2v) is 10.3. The number of aliphatic hydroxyl groups is 1. The largest absolute Gasteiger partial charge is 0.390 e. The van der Waals surface area contributed by atoms with E-state index in [1.165, 1.54) is 13.0 Å². The van der Waals surface area contributed by atoms with Crippen molar-refractivity contribution in [2.75, 3.05) is 44.2 Å². The number of aromatic nitrogens is 2. The third kappa shape index (κ3) is 5.39.